The van der Waals surface area contributed by atoms with Crippen LogP contribution in [0.25, 0.3) is 11.3 Å². The van der Waals surface area contributed by atoms with Crippen molar-refractivity contribution in [3.8, 4) is 22.8 Å². The van der Waals surface area contributed by atoms with Gasteiger partial charge >= 0.3 is 5.97 Å². The summed E-state index contributed by atoms with van der Waals surface area (Å²) in [7, 11) is 1.58. The molecule has 0 aliphatic heterocycles. The highest BCUT2D eigenvalue weighted by Crippen LogP contribution is 2.24. The van der Waals surface area contributed by atoms with Gasteiger partial charge in [-0.2, -0.15) is 5.10 Å². The van der Waals surface area contributed by atoms with Crippen molar-refractivity contribution in [2.45, 2.75) is 0 Å². The van der Waals surface area contributed by atoms with Gasteiger partial charge in [-0.15, -0.1) is 11.3 Å². The van der Waals surface area contributed by atoms with Crippen LogP contribution in [-0.4, -0.2) is 24.3 Å². The van der Waals surface area contributed by atoms with E-state index in [1.807, 2.05) is 41.8 Å². The molecule has 1 heterocycles. The van der Waals surface area contributed by atoms with Crippen molar-refractivity contribution in [3.63, 3.8) is 0 Å². The summed E-state index contributed by atoms with van der Waals surface area (Å²) in [5, 5.41) is 6.91. The average molecular weight is 430 g/mol. The molecule has 0 saturated carbocycles. The number of carbonyl (C=O) groups excluding carboxylic acids is 1. The molecule has 31 heavy (non-hydrogen) atoms. The fourth-order valence-electron chi connectivity index (χ4n) is 2.78. The number of hydrogen-bond donors (Lipinski definition) is 1. The molecule has 0 aliphatic rings. The second-order valence-corrected chi connectivity index (χ2v) is 7.32. The van der Waals surface area contributed by atoms with Crippen molar-refractivity contribution in [2.24, 2.45) is 5.10 Å². The maximum Gasteiger partial charge on any atom is 0.343 e. The van der Waals surface area contributed by atoms with Crippen LogP contribution < -0.4 is 14.9 Å². The topological polar surface area (TPSA) is 72.8 Å². The van der Waals surface area contributed by atoms with Gasteiger partial charge < -0.3 is 9.47 Å². The molecule has 0 atom stereocenters. The quantitative estimate of drug-likeness (QED) is 0.182. The first kappa shape index (κ1) is 20.3. The molecule has 0 bridgehead atoms. The van der Waals surface area contributed by atoms with Crippen molar-refractivity contribution in [1.29, 1.82) is 0 Å². The van der Waals surface area contributed by atoms with Gasteiger partial charge in [0.15, 0.2) is 0 Å². The number of nitrogens with one attached hydrogen (secondary N) is 1. The number of methoxy groups -OCH3 is 1. The predicted molar refractivity (Wildman–Crippen MR) is 123 cm³/mol. The Morgan fingerprint density at radius 2 is 1.81 bits per heavy atom. The number of ether oxygens (including phenoxy) is 2. The standard InChI is InChI=1S/C24H19N3O3S/c1-29-20-12-10-19(11-13-20)23(28)30-21-9-5-6-17(14-21)15-25-27-24-26-22(16-31-24)18-7-3-2-4-8-18/h2-16H,1H3,(H,26,27). The molecule has 0 radical (unpaired) electrons. The van der Waals surface area contributed by atoms with E-state index in [0.717, 1.165) is 16.8 Å². The van der Waals surface area contributed by atoms with Crippen LogP contribution in [0.15, 0.2) is 89.3 Å². The van der Waals surface area contributed by atoms with Crippen molar-refractivity contribution in [2.75, 3.05) is 12.5 Å². The van der Waals surface area contributed by atoms with Crippen LogP contribution in [0.2, 0.25) is 0 Å². The summed E-state index contributed by atoms with van der Waals surface area (Å²) in [5.74, 6) is 0.676. The van der Waals surface area contributed by atoms with Gasteiger partial charge in [0, 0.05) is 10.9 Å². The molecule has 7 heteroatoms. The highest BCUT2D eigenvalue weighted by atomic mass is 32.1. The number of rotatable bonds is 7. The molecule has 0 saturated heterocycles. The zero-order valence-electron chi connectivity index (χ0n) is 16.7. The second kappa shape index (κ2) is 9.69. The van der Waals surface area contributed by atoms with Gasteiger partial charge in [0.25, 0.3) is 0 Å². The minimum atomic E-state index is -0.439. The monoisotopic (exact) mass is 429 g/mol. The van der Waals surface area contributed by atoms with Crippen LogP contribution in [0.5, 0.6) is 11.5 Å². The third-order valence-corrected chi connectivity index (χ3v) is 5.09. The summed E-state index contributed by atoms with van der Waals surface area (Å²) in [6.07, 6.45) is 1.65. The number of carbonyl (C=O) groups is 1. The molecule has 6 nitrogen and oxygen atoms in total. The number of thiazole rings is 1. The van der Waals surface area contributed by atoms with Crippen molar-refractivity contribution in [3.05, 3.63) is 95.4 Å². The third-order valence-electron chi connectivity index (χ3n) is 4.34. The summed E-state index contributed by atoms with van der Waals surface area (Å²) in [5.41, 5.74) is 6.12. The normalized spacial score (nSPS) is 10.7. The van der Waals surface area contributed by atoms with E-state index in [2.05, 4.69) is 15.5 Å². The Balaban J connectivity index is 1.37. The predicted octanol–water partition coefficient (Wildman–Crippen LogP) is 5.48. The van der Waals surface area contributed by atoms with Crippen LogP contribution in [-0.2, 0) is 0 Å². The Morgan fingerprint density at radius 3 is 2.58 bits per heavy atom. The lowest BCUT2D eigenvalue weighted by Crippen LogP contribution is -2.08. The van der Waals surface area contributed by atoms with E-state index in [0.29, 0.717) is 22.2 Å². The average Bonchev–Trinajstić information content (AvgIpc) is 3.29. The molecule has 1 N–H and O–H groups in total. The Bertz CT molecular complexity index is 1190. The first-order valence-corrected chi connectivity index (χ1v) is 10.4. The van der Waals surface area contributed by atoms with Crippen LogP contribution in [0.1, 0.15) is 15.9 Å². The van der Waals surface area contributed by atoms with Gasteiger partial charge in [-0.05, 0) is 42.0 Å². The van der Waals surface area contributed by atoms with Crippen molar-refractivity contribution >= 4 is 28.7 Å². The summed E-state index contributed by atoms with van der Waals surface area (Å²) >= 11 is 1.48. The molecule has 4 rings (SSSR count). The minimum absolute atomic E-state index is 0.436. The highest BCUT2D eigenvalue weighted by Gasteiger charge is 2.09. The van der Waals surface area contributed by atoms with Crippen LogP contribution in [0.4, 0.5) is 5.13 Å². The second-order valence-electron chi connectivity index (χ2n) is 6.46. The molecular weight excluding hydrogens is 410 g/mol. The van der Waals surface area contributed by atoms with Gasteiger partial charge in [0.2, 0.25) is 5.13 Å². The van der Waals surface area contributed by atoms with Crippen LogP contribution >= 0.6 is 11.3 Å². The molecule has 3 aromatic carbocycles. The van der Waals surface area contributed by atoms with Crippen molar-refractivity contribution in [1.82, 2.24) is 4.98 Å². The first-order valence-electron chi connectivity index (χ1n) is 9.47. The first-order chi connectivity index (χ1) is 15.2. The Labute approximate surface area is 183 Å². The molecule has 0 amide bonds. The number of nitrogens with zero attached hydrogens (tertiary/aromatic N) is 2. The zero-order chi connectivity index (χ0) is 21.5. The van der Waals surface area contributed by atoms with E-state index in [-0.39, 0.29) is 0 Å². The van der Waals surface area contributed by atoms with Crippen molar-refractivity contribution < 1.29 is 14.3 Å². The summed E-state index contributed by atoms with van der Waals surface area (Å²) in [6.45, 7) is 0. The molecule has 1 aromatic heterocycles. The Kier molecular flexibility index (Phi) is 6.35. The minimum Gasteiger partial charge on any atom is -0.497 e. The maximum absolute atomic E-state index is 12.3. The summed E-state index contributed by atoms with van der Waals surface area (Å²) < 4.78 is 10.6. The zero-order valence-corrected chi connectivity index (χ0v) is 17.5. The lowest BCUT2D eigenvalue weighted by atomic mass is 10.2. The number of benzene rings is 3. The summed E-state index contributed by atoms with van der Waals surface area (Å²) in [4.78, 5) is 16.9. The molecule has 4 aromatic rings. The molecule has 154 valence electrons. The Hall–Kier alpha value is -3.97. The van der Waals surface area contributed by atoms with E-state index in [9.17, 15) is 4.79 Å². The highest BCUT2D eigenvalue weighted by molar-refractivity contribution is 7.14. The third kappa shape index (κ3) is 5.34. The molecule has 0 aliphatic carbocycles. The van der Waals surface area contributed by atoms with E-state index in [1.54, 1.807) is 55.8 Å². The number of anilines is 1. The molecule has 0 spiro atoms. The lowest BCUT2D eigenvalue weighted by molar-refractivity contribution is 0.0734. The van der Waals surface area contributed by atoms with E-state index >= 15 is 0 Å². The van der Waals surface area contributed by atoms with E-state index < -0.39 is 5.97 Å². The molecule has 0 fully saturated rings. The SMILES string of the molecule is COc1ccc(C(=O)Oc2cccc(C=NNc3nc(-c4ccccc4)cs3)c2)cc1. The number of hydrogen-bond acceptors (Lipinski definition) is 7. The lowest BCUT2D eigenvalue weighted by Gasteiger charge is -2.06. The van der Waals surface area contributed by atoms with Gasteiger partial charge in [-0.1, -0.05) is 42.5 Å². The van der Waals surface area contributed by atoms with Gasteiger partial charge in [-0.3, -0.25) is 5.43 Å². The van der Waals surface area contributed by atoms with Gasteiger partial charge in [0.1, 0.15) is 11.5 Å². The van der Waals surface area contributed by atoms with E-state index in [4.69, 9.17) is 9.47 Å². The molecular formula is C24H19N3O3S. The van der Waals surface area contributed by atoms with Gasteiger partial charge in [-0.25, -0.2) is 9.78 Å². The Morgan fingerprint density at radius 1 is 1.00 bits per heavy atom. The number of hydrazone groups is 1. The number of aromatic nitrogens is 1. The smallest absolute Gasteiger partial charge is 0.343 e. The van der Waals surface area contributed by atoms with Crippen LogP contribution in [0, 0.1) is 0 Å². The fourth-order valence-corrected chi connectivity index (χ4v) is 3.45. The van der Waals surface area contributed by atoms with Gasteiger partial charge in [0.05, 0.1) is 24.6 Å². The number of esters is 1. The van der Waals surface area contributed by atoms with Crippen LogP contribution in [0.3, 0.4) is 0 Å². The van der Waals surface area contributed by atoms with E-state index in [1.165, 1.54) is 11.3 Å². The summed E-state index contributed by atoms with van der Waals surface area (Å²) in [6, 6.07) is 23.8. The molecule has 0 unspecified atom stereocenters. The fraction of sp³-hybridized carbons (Fsp3) is 0.0417. The largest absolute Gasteiger partial charge is 0.497 e. The maximum atomic E-state index is 12.3.